The maximum Gasteiger partial charge on any atom is 0.237 e. The lowest BCUT2D eigenvalue weighted by Crippen LogP contribution is -2.41. The fourth-order valence-corrected chi connectivity index (χ4v) is 1.81. The Hall–Kier alpha value is -1.40. The number of amides is 1. The molecule has 16 heavy (non-hydrogen) atoms. The molecule has 1 fully saturated rings. The Morgan fingerprint density at radius 1 is 1.75 bits per heavy atom. The summed E-state index contributed by atoms with van der Waals surface area (Å²) < 4.78 is 0. The highest BCUT2D eigenvalue weighted by molar-refractivity contribution is 5.82. The SMILES string of the molecule is CC(NC(=O)C1CC(O)CN1)c1cn[nH]c1. The number of nitrogens with zero attached hydrogens (tertiary/aromatic N) is 1. The minimum atomic E-state index is -0.417. The molecule has 2 heterocycles. The van der Waals surface area contributed by atoms with Gasteiger partial charge in [0.05, 0.1) is 24.4 Å². The number of nitrogens with one attached hydrogen (secondary N) is 3. The zero-order valence-electron chi connectivity index (χ0n) is 9.10. The van der Waals surface area contributed by atoms with Crippen LogP contribution in [0.3, 0.4) is 0 Å². The van der Waals surface area contributed by atoms with E-state index < -0.39 is 6.10 Å². The number of aromatic amines is 1. The van der Waals surface area contributed by atoms with E-state index in [0.717, 1.165) is 5.56 Å². The van der Waals surface area contributed by atoms with Gasteiger partial charge in [0, 0.05) is 18.3 Å². The van der Waals surface area contributed by atoms with Crippen molar-refractivity contribution in [2.75, 3.05) is 6.54 Å². The van der Waals surface area contributed by atoms with Crippen molar-refractivity contribution >= 4 is 5.91 Å². The number of rotatable bonds is 3. The summed E-state index contributed by atoms with van der Waals surface area (Å²) in [5, 5.41) is 21.7. The molecule has 6 nitrogen and oxygen atoms in total. The van der Waals surface area contributed by atoms with Crippen molar-refractivity contribution in [1.29, 1.82) is 0 Å². The summed E-state index contributed by atoms with van der Waals surface area (Å²) in [6, 6.07) is -0.366. The molecule has 1 saturated heterocycles. The molecule has 1 aromatic rings. The van der Waals surface area contributed by atoms with Crippen LogP contribution in [0, 0.1) is 0 Å². The molecule has 0 spiro atoms. The lowest BCUT2D eigenvalue weighted by Gasteiger charge is -2.15. The van der Waals surface area contributed by atoms with Crippen LogP contribution in [0.4, 0.5) is 0 Å². The first-order valence-electron chi connectivity index (χ1n) is 5.37. The molecule has 0 aromatic carbocycles. The average molecular weight is 224 g/mol. The number of hydrogen-bond acceptors (Lipinski definition) is 4. The lowest BCUT2D eigenvalue weighted by atomic mass is 10.1. The molecule has 1 aromatic heterocycles. The van der Waals surface area contributed by atoms with E-state index in [1.807, 2.05) is 6.92 Å². The Kier molecular flexibility index (Phi) is 3.21. The molecule has 6 heteroatoms. The summed E-state index contributed by atoms with van der Waals surface area (Å²) in [7, 11) is 0. The highest BCUT2D eigenvalue weighted by atomic mass is 16.3. The first-order chi connectivity index (χ1) is 7.66. The van der Waals surface area contributed by atoms with E-state index in [4.69, 9.17) is 0 Å². The van der Waals surface area contributed by atoms with E-state index >= 15 is 0 Å². The number of aromatic nitrogens is 2. The van der Waals surface area contributed by atoms with E-state index in [1.165, 1.54) is 0 Å². The van der Waals surface area contributed by atoms with Gasteiger partial charge >= 0.3 is 0 Å². The van der Waals surface area contributed by atoms with Crippen molar-refractivity contribution in [2.24, 2.45) is 0 Å². The summed E-state index contributed by atoms with van der Waals surface area (Å²) >= 11 is 0. The van der Waals surface area contributed by atoms with Crippen LogP contribution in [0.5, 0.6) is 0 Å². The summed E-state index contributed by atoms with van der Waals surface area (Å²) in [5.41, 5.74) is 0.937. The Morgan fingerprint density at radius 3 is 3.12 bits per heavy atom. The Labute approximate surface area is 93.4 Å². The molecule has 4 N–H and O–H groups in total. The number of hydrogen-bond donors (Lipinski definition) is 4. The van der Waals surface area contributed by atoms with Crippen LogP contribution >= 0.6 is 0 Å². The van der Waals surface area contributed by atoms with Crippen molar-refractivity contribution in [3.63, 3.8) is 0 Å². The van der Waals surface area contributed by atoms with E-state index in [0.29, 0.717) is 13.0 Å². The van der Waals surface area contributed by atoms with Gasteiger partial charge in [-0.2, -0.15) is 5.10 Å². The Morgan fingerprint density at radius 2 is 2.56 bits per heavy atom. The predicted octanol–water partition coefficient (Wildman–Crippen LogP) is -0.690. The first-order valence-corrected chi connectivity index (χ1v) is 5.37. The Bertz CT molecular complexity index is 352. The molecule has 0 bridgehead atoms. The molecule has 3 atom stereocenters. The van der Waals surface area contributed by atoms with Crippen LogP contribution in [-0.2, 0) is 4.79 Å². The molecule has 1 aliphatic heterocycles. The van der Waals surface area contributed by atoms with Crippen LogP contribution in [-0.4, -0.2) is 39.9 Å². The van der Waals surface area contributed by atoms with E-state index in [9.17, 15) is 9.90 Å². The molecule has 1 amide bonds. The van der Waals surface area contributed by atoms with Gasteiger partial charge < -0.3 is 15.7 Å². The van der Waals surface area contributed by atoms with Crippen molar-refractivity contribution in [3.8, 4) is 0 Å². The Balaban J connectivity index is 1.88. The van der Waals surface area contributed by atoms with Gasteiger partial charge in [0.1, 0.15) is 0 Å². The van der Waals surface area contributed by atoms with E-state index in [2.05, 4.69) is 20.8 Å². The second kappa shape index (κ2) is 4.63. The fraction of sp³-hybridized carbons (Fsp3) is 0.600. The molecule has 88 valence electrons. The molecule has 0 saturated carbocycles. The summed E-state index contributed by atoms with van der Waals surface area (Å²) in [6.07, 6.45) is 3.49. The maximum absolute atomic E-state index is 11.8. The number of carbonyl (C=O) groups excluding carboxylic acids is 1. The molecular weight excluding hydrogens is 208 g/mol. The minimum absolute atomic E-state index is 0.0780. The fourth-order valence-electron chi connectivity index (χ4n) is 1.81. The van der Waals surface area contributed by atoms with Crippen molar-refractivity contribution in [2.45, 2.75) is 31.5 Å². The topological polar surface area (TPSA) is 90.0 Å². The van der Waals surface area contributed by atoms with Gasteiger partial charge in [-0.1, -0.05) is 0 Å². The van der Waals surface area contributed by atoms with Crippen molar-refractivity contribution in [3.05, 3.63) is 18.0 Å². The third kappa shape index (κ3) is 2.40. The van der Waals surface area contributed by atoms with Gasteiger partial charge in [-0.15, -0.1) is 0 Å². The monoisotopic (exact) mass is 224 g/mol. The smallest absolute Gasteiger partial charge is 0.237 e. The molecular formula is C10H16N4O2. The highest BCUT2D eigenvalue weighted by Crippen LogP contribution is 2.11. The second-order valence-corrected chi connectivity index (χ2v) is 4.11. The average Bonchev–Trinajstić information content (AvgIpc) is 2.87. The van der Waals surface area contributed by atoms with Crippen LogP contribution in [0.1, 0.15) is 24.9 Å². The van der Waals surface area contributed by atoms with Gasteiger partial charge in [0.15, 0.2) is 0 Å². The van der Waals surface area contributed by atoms with Crippen LogP contribution in [0.15, 0.2) is 12.4 Å². The minimum Gasteiger partial charge on any atom is -0.392 e. The lowest BCUT2D eigenvalue weighted by molar-refractivity contribution is -0.123. The zero-order valence-corrected chi connectivity index (χ0v) is 9.10. The van der Waals surface area contributed by atoms with Gasteiger partial charge in [0.25, 0.3) is 0 Å². The number of aliphatic hydroxyl groups excluding tert-OH is 1. The molecule has 2 rings (SSSR count). The van der Waals surface area contributed by atoms with Crippen molar-refractivity contribution < 1.29 is 9.90 Å². The van der Waals surface area contributed by atoms with Crippen molar-refractivity contribution in [1.82, 2.24) is 20.8 Å². The molecule has 3 unspecified atom stereocenters. The third-order valence-corrected chi connectivity index (χ3v) is 2.80. The van der Waals surface area contributed by atoms with E-state index in [-0.39, 0.29) is 18.0 Å². The van der Waals surface area contributed by atoms with E-state index in [1.54, 1.807) is 12.4 Å². The number of H-pyrrole nitrogens is 1. The van der Waals surface area contributed by atoms with Crippen LogP contribution in [0.25, 0.3) is 0 Å². The molecule has 0 aliphatic carbocycles. The number of carbonyl (C=O) groups is 1. The standard InChI is InChI=1S/C10H16N4O2/c1-6(7-3-12-13-4-7)14-10(16)9-2-8(15)5-11-9/h3-4,6,8-9,11,15H,2,5H2,1H3,(H,12,13)(H,14,16). The maximum atomic E-state index is 11.8. The first kappa shape index (κ1) is 11.1. The van der Waals surface area contributed by atoms with Crippen LogP contribution in [0.2, 0.25) is 0 Å². The summed E-state index contributed by atoms with van der Waals surface area (Å²) in [4.78, 5) is 11.8. The summed E-state index contributed by atoms with van der Waals surface area (Å²) in [5.74, 6) is -0.0785. The second-order valence-electron chi connectivity index (χ2n) is 4.11. The van der Waals surface area contributed by atoms with Crippen LogP contribution < -0.4 is 10.6 Å². The highest BCUT2D eigenvalue weighted by Gasteiger charge is 2.28. The number of β-amino-alcohol motifs (C(OH)–C–C–N with tert-alkyl or cyclic N) is 1. The third-order valence-electron chi connectivity index (χ3n) is 2.80. The largest absolute Gasteiger partial charge is 0.392 e. The number of aliphatic hydroxyl groups is 1. The zero-order chi connectivity index (χ0) is 11.5. The van der Waals surface area contributed by atoms with Gasteiger partial charge in [-0.05, 0) is 13.3 Å². The van der Waals surface area contributed by atoms with Gasteiger partial charge in [0.2, 0.25) is 5.91 Å². The van der Waals surface area contributed by atoms with Gasteiger partial charge in [-0.25, -0.2) is 0 Å². The van der Waals surface area contributed by atoms with Gasteiger partial charge in [-0.3, -0.25) is 9.89 Å². The molecule has 0 radical (unpaired) electrons. The normalized spacial score (nSPS) is 26.6. The summed E-state index contributed by atoms with van der Waals surface area (Å²) in [6.45, 7) is 2.38. The molecule has 1 aliphatic rings. The quantitative estimate of drug-likeness (QED) is 0.547. The predicted molar refractivity (Wildman–Crippen MR) is 57.6 cm³/mol.